The molecule has 1 aromatic heterocycles. The van der Waals surface area contributed by atoms with Crippen molar-refractivity contribution in [2.75, 3.05) is 7.11 Å². The van der Waals surface area contributed by atoms with Gasteiger partial charge in [-0.15, -0.1) is 11.3 Å². The van der Waals surface area contributed by atoms with Crippen molar-refractivity contribution in [2.24, 2.45) is 5.84 Å². The summed E-state index contributed by atoms with van der Waals surface area (Å²) in [7, 11) is 1.65. The Kier molecular flexibility index (Phi) is 5.30. The second-order valence-corrected chi connectivity index (χ2v) is 5.68. The van der Waals surface area contributed by atoms with Crippen LogP contribution in [0.5, 0.6) is 5.75 Å². The Labute approximate surface area is 128 Å². The molecule has 112 valence electrons. The Morgan fingerprint density at radius 1 is 1.43 bits per heavy atom. The standard InChI is InChI=1S/C15H19N3O2S/c1-3-6-11-14(15(19)18-16)21-13(17-11)9-10-7-4-5-8-12(10)20-2/h4-5,7-8H,3,6,9,16H2,1-2H3,(H,18,19). The minimum atomic E-state index is -0.276. The third-order valence-corrected chi connectivity index (χ3v) is 4.20. The van der Waals surface area contributed by atoms with Gasteiger partial charge in [0.2, 0.25) is 0 Å². The number of carbonyl (C=O) groups excluding carboxylic acids is 1. The van der Waals surface area contributed by atoms with Gasteiger partial charge in [-0.25, -0.2) is 10.8 Å². The van der Waals surface area contributed by atoms with Crippen LogP contribution in [0.15, 0.2) is 24.3 Å². The predicted octanol–water partition coefficient (Wildman–Crippen LogP) is 2.30. The van der Waals surface area contributed by atoms with E-state index in [0.29, 0.717) is 11.3 Å². The number of para-hydroxylation sites is 1. The van der Waals surface area contributed by atoms with E-state index in [4.69, 9.17) is 10.6 Å². The molecule has 3 N–H and O–H groups in total. The van der Waals surface area contributed by atoms with Crippen LogP contribution in [0.2, 0.25) is 0 Å². The van der Waals surface area contributed by atoms with Gasteiger partial charge in [0.1, 0.15) is 10.6 Å². The number of methoxy groups -OCH3 is 1. The van der Waals surface area contributed by atoms with Crippen molar-refractivity contribution in [1.82, 2.24) is 10.4 Å². The van der Waals surface area contributed by atoms with Gasteiger partial charge < -0.3 is 4.74 Å². The SMILES string of the molecule is CCCc1nc(Cc2ccccc2OC)sc1C(=O)NN. The smallest absolute Gasteiger partial charge is 0.277 e. The van der Waals surface area contributed by atoms with Gasteiger partial charge in [0.15, 0.2) is 0 Å². The largest absolute Gasteiger partial charge is 0.496 e. The molecule has 0 spiro atoms. The third kappa shape index (κ3) is 3.59. The molecule has 0 aliphatic rings. The molecule has 5 nitrogen and oxygen atoms in total. The number of aryl methyl sites for hydroxylation is 1. The third-order valence-electron chi connectivity index (χ3n) is 3.10. The van der Waals surface area contributed by atoms with Crippen molar-refractivity contribution in [1.29, 1.82) is 0 Å². The zero-order chi connectivity index (χ0) is 15.2. The summed E-state index contributed by atoms with van der Waals surface area (Å²) in [5.74, 6) is 5.79. The number of hydrogen-bond donors (Lipinski definition) is 2. The van der Waals surface area contributed by atoms with Gasteiger partial charge in [0.25, 0.3) is 5.91 Å². The van der Waals surface area contributed by atoms with E-state index in [9.17, 15) is 4.79 Å². The van der Waals surface area contributed by atoms with Gasteiger partial charge in [-0.3, -0.25) is 10.2 Å². The van der Waals surface area contributed by atoms with Crippen molar-refractivity contribution in [3.63, 3.8) is 0 Å². The number of thiazole rings is 1. The second kappa shape index (κ2) is 7.19. The molecule has 1 amide bonds. The van der Waals surface area contributed by atoms with E-state index in [-0.39, 0.29) is 5.91 Å². The number of nitrogens with two attached hydrogens (primary N) is 1. The van der Waals surface area contributed by atoms with E-state index in [1.807, 2.05) is 24.3 Å². The highest BCUT2D eigenvalue weighted by molar-refractivity contribution is 7.13. The minimum absolute atomic E-state index is 0.276. The molecule has 0 aliphatic heterocycles. The molecule has 0 unspecified atom stereocenters. The number of aromatic nitrogens is 1. The van der Waals surface area contributed by atoms with Crippen LogP contribution in [0, 0.1) is 0 Å². The molecule has 0 saturated heterocycles. The topological polar surface area (TPSA) is 77.2 Å². The number of amides is 1. The lowest BCUT2D eigenvalue weighted by Crippen LogP contribution is -2.30. The molecular formula is C15H19N3O2S. The highest BCUT2D eigenvalue weighted by Crippen LogP contribution is 2.26. The fourth-order valence-electron chi connectivity index (χ4n) is 2.14. The predicted molar refractivity (Wildman–Crippen MR) is 83.6 cm³/mol. The van der Waals surface area contributed by atoms with Gasteiger partial charge in [-0.2, -0.15) is 0 Å². The molecule has 0 saturated carbocycles. The van der Waals surface area contributed by atoms with Gasteiger partial charge in [-0.1, -0.05) is 31.5 Å². The Bertz CT molecular complexity index is 625. The summed E-state index contributed by atoms with van der Waals surface area (Å²) in [6, 6.07) is 7.82. The lowest BCUT2D eigenvalue weighted by molar-refractivity contribution is 0.0956. The Morgan fingerprint density at radius 3 is 2.86 bits per heavy atom. The summed E-state index contributed by atoms with van der Waals surface area (Å²) in [6.45, 7) is 2.06. The van der Waals surface area contributed by atoms with Crippen LogP contribution in [0.1, 0.15) is 39.3 Å². The summed E-state index contributed by atoms with van der Waals surface area (Å²) in [5, 5.41) is 0.890. The molecule has 2 rings (SSSR count). The molecule has 21 heavy (non-hydrogen) atoms. The fourth-order valence-corrected chi connectivity index (χ4v) is 3.17. The van der Waals surface area contributed by atoms with Gasteiger partial charge in [-0.05, 0) is 12.5 Å². The van der Waals surface area contributed by atoms with Crippen LogP contribution in [0.3, 0.4) is 0 Å². The van der Waals surface area contributed by atoms with Gasteiger partial charge >= 0.3 is 0 Å². The maximum atomic E-state index is 11.8. The number of rotatable bonds is 6. The normalized spacial score (nSPS) is 10.4. The van der Waals surface area contributed by atoms with Crippen molar-refractivity contribution in [2.45, 2.75) is 26.2 Å². The molecule has 0 radical (unpaired) electrons. The molecule has 2 aromatic rings. The van der Waals surface area contributed by atoms with Crippen molar-refractivity contribution >= 4 is 17.2 Å². The van der Waals surface area contributed by atoms with Crippen molar-refractivity contribution < 1.29 is 9.53 Å². The molecule has 0 atom stereocenters. The monoisotopic (exact) mass is 305 g/mol. The van der Waals surface area contributed by atoms with E-state index >= 15 is 0 Å². The van der Waals surface area contributed by atoms with Crippen LogP contribution in [0.4, 0.5) is 0 Å². The first-order valence-corrected chi connectivity index (χ1v) is 7.62. The van der Waals surface area contributed by atoms with Crippen LogP contribution < -0.4 is 16.0 Å². The zero-order valence-corrected chi connectivity index (χ0v) is 13.0. The van der Waals surface area contributed by atoms with Crippen LogP contribution in [-0.2, 0) is 12.8 Å². The number of hydrazine groups is 1. The van der Waals surface area contributed by atoms with Crippen molar-refractivity contribution in [3.05, 3.63) is 45.4 Å². The molecule has 1 heterocycles. The lowest BCUT2D eigenvalue weighted by Gasteiger charge is -2.05. The summed E-state index contributed by atoms with van der Waals surface area (Å²) in [4.78, 5) is 17.0. The number of ether oxygens (including phenoxy) is 1. The van der Waals surface area contributed by atoms with E-state index in [1.165, 1.54) is 11.3 Å². The maximum absolute atomic E-state index is 11.8. The average molecular weight is 305 g/mol. The first kappa shape index (κ1) is 15.5. The molecule has 6 heteroatoms. The highest BCUT2D eigenvalue weighted by Gasteiger charge is 2.17. The first-order valence-electron chi connectivity index (χ1n) is 6.81. The van der Waals surface area contributed by atoms with E-state index in [1.54, 1.807) is 7.11 Å². The summed E-state index contributed by atoms with van der Waals surface area (Å²) in [5.41, 5.74) is 4.05. The van der Waals surface area contributed by atoms with E-state index < -0.39 is 0 Å². The van der Waals surface area contributed by atoms with Crippen LogP contribution in [-0.4, -0.2) is 18.0 Å². The summed E-state index contributed by atoms with van der Waals surface area (Å²) in [6.07, 6.45) is 2.34. The molecule has 0 aliphatic carbocycles. The van der Waals surface area contributed by atoms with E-state index in [2.05, 4.69) is 17.3 Å². The van der Waals surface area contributed by atoms with Crippen molar-refractivity contribution in [3.8, 4) is 5.75 Å². The number of nitrogens with one attached hydrogen (secondary N) is 1. The van der Waals surface area contributed by atoms with Crippen LogP contribution in [0.25, 0.3) is 0 Å². The molecule has 1 aromatic carbocycles. The number of carbonyl (C=O) groups is 1. The van der Waals surface area contributed by atoms with E-state index in [0.717, 1.165) is 34.9 Å². The zero-order valence-electron chi connectivity index (χ0n) is 12.2. The maximum Gasteiger partial charge on any atom is 0.277 e. The van der Waals surface area contributed by atoms with Crippen LogP contribution >= 0.6 is 11.3 Å². The number of hydrogen-bond acceptors (Lipinski definition) is 5. The number of nitrogen functional groups attached to an aromatic ring is 1. The Morgan fingerprint density at radius 2 is 2.19 bits per heavy atom. The molecule has 0 fully saturated rings. The van der Waals surface area contributed by atoms with Gasteiger partial charge in [0, 0.05) is 12.0 Å². The quantitative estimate of drug-likeness (QED) is 0.488. The first-order chi connectivity index (χ1) is 10.2. The molecule has 0 bridgehead atoms. The second-order valence-electron chi connectivity index (χ2n) is 4.60. The average Bonchev–Trinajstić information content (AvgIpc) is 2.90. The number of nitrogens with zero attached hydrogens (tertiary/aromatic N) is 1. The van der Waals surface area contributed by atoms with Gasteiger partial charge in [0.05, 0.1) is 17.8 Å². The fraction of sp³-hybridized carbons (Fsp3) is 0.333. The summed E-state index contributed by atoms with van der Waals surface area (Å²) < 4.78 is 5.35. The minimum Gasteiger partial charge on any atom is -0.496 e. The Hall–Kier alpha value is -1.92. The Balaban J connectivity index is 2.30. The lowest BCUT2D eigenvalue weighted by atomic mass is 10.1. The molecular weight excluding hydrogens is 286 g/mol. The number of benzene rings is 1. The highest BCUT2D eigenvalue weighted by atomic mass is 32.1. The summed E-state index contributed by atoms with van der Waals surface area (Å²) >= 11 is 1.39.